The Labute approximate surface area is 156 Å². The molecule has 2 amide bonds. The van der Waals surface area contributed by atoms with Crippen LogP contribution in [0.4, 0.5) is 23.4 Å². The molecule has 0 atom stereocenters. The van der Waals surface area contributed by atoms with Crippen molar-refractivity contribution in [3.8, 4) is 0 Å². The van der Waals surface area contributed by atoms with Crippen LogP contribution in [0.3, 0.4) is 0 Å². The zero-order valence-corrected chi connectivity index (χ0v) is 14.4. The average Bonchev–Trinajstić information content (AvgIpc) is 2.58. The van der Waals surface area contributed by atoms with Gasteiger partial charge in [-0.25, -0.2) is 9.37 Å². The van der Waals surface area contributed by atoms with E-state index in [2.05, 4.69) is 4.98 Å². The molecule has 3 rings (SSSR count). The third-order valence-corrected chi connectivity index (χ3v) is 4.18. The fourth-order valence-corrected chi connectivity index (χ4v) is 2.77. The molecule has 5 nitrogen and oxygen atoms in total. The van der Waals surface area contributed by atoms with Gasteiger partial charge in [0.05, 0.1) is 10.6 Å². The molecular formula is C17H12ClF4N3O2. The van der Waals surface area contributed by atoms with E-state index >= 15 is 0 Å². The molecule has 142 valence electrons. The highest BCUT2D eigenvalue weighted by Gasteiger charge is 2.33. The second kappa shape index (κ2) is 7.15. The van der Waals surface area contributed by atoms with Crippen molar-refractivity contribution in [2.45, 2.75) is 12.7 Å². The minimum Gasteiger partial charge on any atom is -0.327 e. The Morgan fingerprint density at radius 3 is 2.33 bits per heavy atom. The molecule has 1 fully saturated rings. The van der Waals surface area contributed by atoms with E-state index in [-0.39, 0.29) is 23.9 Å². The number of benzene rings is 1. The van der Waals surface area contributed by atoms with Gasteiger partial charge in [0.15, 0.2) is 11.6 Å². The van der Waals surface area contributed by atoms with E-state index in [1.807, 2.05) is 0 Å². The van der Waals surface area contributed by atoms with E-state index in [9.17, 15) is 27.2 Å². The van der Waals surface area contributed by atoms with Crippen molar-refractivity contribution in [1.82, 2.24) is 9.88 Å². The maximum absolute atomic E-state index is 14.0. The second-order valence-corrected chi connectivity index (χ2v) is 6.32. The lowest BCUT2D eigenvalue weighted by molar-refractivity contribution is -0.139. The number of anilines is 1. The van der Waals surface area contributed by atoms with Gasteiger partial charge in [-0.1, -0.05) is 23.7 Å². The van der Waals surface area contributed by atoms with Crippen LogP contribution in [0.1, 0.15) is 11.1 Å². The minimum atomic E-state index is -4.45. The zero-order chi connectivity index (χ0) is 19.8. The molecule has 0 bridgehead atoms. The number of halogens is 5. The Morgan fingerprint density at radius 2 is 1.74 bits per heavy atom. The van der Waals surface area contributed by atoms with Crippen LogP contribution in [0, 0.1) is 5.82 Å². The fraction of sp³-hybridized carbons (Fsp3) is 0.235. The monoisotopic (exact) mass is 401 g/mol. The summed E-state index contributed by atoms with van der Waals surface area (Å²) in [5, 5.41) is 0.0518. The molecule has 10 heteroatoms. The van der Waals surface area contributed by atoms with E-state index in [1.165, 1.54) is 17.0 Å². The van der Waals surface area contributed by atoms with E-state index in [0.29, 0.717) is 5.56 Å². The van der Waals surface area contributed by atoms with Gasteiger partial charge < -0.3 is 4.90 Å². The highest BCUT2D eigenvalue weighted by atomic mass is 35.5. The number of carbonyl (C=O) groups is 2. The maximum Gasteiger partial charge on any atom is 0.416 e. The molecule has 0 unspecified atom stereocenters. The normalized spacial score (nSPS) is 15.4. The van der Waals surface area contributed by atoms with Crippen molar-refractivity contribution in [2.75, 3.05) is 18.0 Å². The van der Waals surface area contributed by atoms with Crippen LogP contribution in [0.15, 0.2) is 36.5 Å². The summed E-state index contributed by atoms with van der Waals surface area (Å²) in [5.74, 6) is -2.17. The highest BCUT2D eigenvalue weighted by molar-refractivity contribution is 6.30. The van der Waals surface area contributed by atoms with Crippen LogP contribution in [0.2, 0.25) is 5.02 Å². The predicted molar refractivity (Wildman–Crippen MR) is 88.4 cm³/mol. The molecule has 27 heavy (non-hydrogen) atoms. The third-order valence-electron chi connectivity index (χ3n) is 3.97. The third kappa shape index (κ3) is 4.19. The number of alkyl halides is 3. The van der Waals surface area contributed by atoms with Gasteiger partial charge in [0, 0.05) is 12.7 Å². The lowest BCUT2D eigenvalue weighted by atomic mass is 10.1. The van der Waals surface area contributed by atoms with Gasteiger partial charge in [-0.05, 0) is 23.8 Å². The maximum atomic E-state index is 14.0. The summed E-state index contributed by atoms with van der Waals surface area (Å²) in [6.45, 7) is -0.804. The SMILES string of the molecule is O=C1CN(c2ncc(Cl)cc2F)C(=O)CN1Cc1ccc(C(F)(F)F)cc1. The summed E-state index contributed by atoms with van der Waals surface area (Å²) < 4.78 is 51.7. The number of amides is 2. The predicted octanol–water partition coefficient (Wildman–Crippen LogP) is 3.27. The number of carbonyl (C=O) groups excluding carboxylic acids is 2. The van der Waals surface area contributed by atoms with Gasteiger partial charge in [0.2, 0.25) is 11.8 Å². The quantitative estimate of drug-likeness (QED) is 0.742. The van der Waals surface area contributed by atoms with Crippen molar-refractivity contribution in [3.63, 3.8) is 0 Å². The van der Waals surface area contributed by atoms with Crippen molar-refractivity contribution >= 4 is 29.2 Å². The molecule has 1 aromatic carbocycles. The van der Waals surface area contributed by atoms with Crippen LogP contribution in [0.25, 0.3) is 0 Å². The highest BCUT2D eigenvalue weighted by Crippen LogP contribution is 2.29. The number of nitrogens with zero attached hydrogens (tertiary/aromatic N) is 3. The Bertz CT molecular complexity index is 887. The van der Waals surface area contributed by atoms with Crippen molar-refractivity contribution < 1.29 is 27.2 Å². The average molecular weight is 402 g/mol. The second-order valence-electron chi connectivity index (χ2n) is 5.88. The lowest BCUT2D eigenvalue weighted by Crippen LogP contribution is -2.54. The summed E-state index contributed by atoms with van der Waals surface area (Å²) in [5.41, 5.74) is -0.365. The molecule has 0 aliphatic carbocycles. The lowest BCUT2D eigenvalue weighted by Gasteiger charge is -2.33. The number of aromatic nitrogens is 1. The number of pyridine rings is 1. The first-order valence-electron chi connectivity index (χ1n) is 7.70. The summed E-state index contributed by atoms with van der Waals surface area (Å²) in [4.78, 5) is 30.5. The summed E-state index contributed by atoms with van der Waals surface area (Å²) in [7, 11) is 0. The van der Waals surface area contributed by atoms with Gasteiger partial charge in [-0.15, -0.1) is 0 Å². The number of hydrogen-bond donors (Lipinski definition) is 0. The zero-order valence-electron chi connectivity index (χ0n) is 13.6. The van der Waals surface area contributed by atoms with Crippen LogP contribution in [0.5, 0.6) is 0 Å². The van der Waals surface area contributed by atoms with Gasteiger partial charge in [0.25, 0.3) is 0 Å². The molecule has 0 saturated carbocycles. The molecule has 2 aromatic rings. The Hall–Kier alpha value is -2.68. The first-order valence-corrected chi connectivity index (χ1v) is 8.08. The minimum absolute atomic E-state index is 0.0346. The largest absolute Gasteiger partial charge is 0.416 e. The Kier molecular flexibility index (Phi) is 5.05. The Balaban J connectivity index is 1.72. The fourth-order valence-electron chi connectivity index (χ4n) is 2.62. The van der Waals surface area contributed by atoms with Gasteiger partial charge >= 0.3 is 6.18 Å². The number of hydrogen-bond acceptors (Lipinski definition) is 3. The topological polar surface area (TPSA) is 53.5 Å². The molecular weight excluding hydrogens is 390 g/mol. The van der Waals surface area contributed by atoms with E-state index in [4.69, 9.17) is 11.6 Å². The van der Waals surface area contributed by atoms with Gasteiger partial charge in [-0.2, -0.15) is 13.2 Å². The summed E-state index contributed by atoms with van der Waals surface area (Å²) in [6.07, 6.45) is -3.29. The van der Waals surface area contributed by atoms with Crippen LogP contribution in [-0.4, -0.2) is 34.8 Å². The summed E-state index contributed by atoms with van der Waals surface area (Å²) >= 11 is 5.62. The number of rotatable bonds is 3. The standard InChI is InChI=1S/C17H12ClF4N3O2/c18-12-5-13(19)16(23-6-12)25-9-14(26)24(8-15(25)27)7-10-1-3-11(4-2-10)17(20,21)22/h1-6H,7-9H2. The molecule has 1 saturated heterocycles. The van der Waals surface area contributed by atoms with Crippen molar-refractivity contribution in [1.29, 1.82) is 0 Å². The first-order chi connectivity index (χ1) is 12.6. The Morgan fingerprint density at radius 1 is 1.07 bits per heavy atom. The van der Waals surface area contributed by atoms with Crippen LogP contribution < -0.4 is 4.90 Å². The molecule has 2 heterocycles. The van der Waals surface area contributed by atoms with E-state index in [1.54, 1.807) is 0 Å². The van der Waals surface area contributed by atoms with Gasteiger partial charge in [0.1, 0.15) is 13.1 Å². The van der Waals surface area contributed by atoms with Crippen molar-refractivity contribution in [3.05, 3.63) is 58.5 Å². The molecule has 0 radical (unpaired) electrons. The smallest absolute Gasteiger partial charge is 0.327 e. The molecule has 0 spiro atoms. The molecule has 1 aliphatic heterocycles. The molecule has 0 N–H and O–H groups in total. The van der Waals surface area contributed by atoms with Crippen LogP contribution in [-0.2, 0) is 22.3 Å². The molecule has 1 aliphatic rings. The van der Waals surface area contributed by atoms with E-state index in [0.717, 1.165) is 29.3 Å². The van der Waals surface area contributed by atoms with Gasteiger partial charge in [-0.3, -0.25) is 14.5 Å². The summed E-state index contributed by atoms with van der Waals surface area (Å²) in [6, 6.07) is 5.28. The van der Waals surface area contributed by atoms with Crippen LogP contribution >= 0.6 is 11.6 Å². The first kappa shape index (κ1) is 19.1. The van der Waals surface area contributed by atoms with Crippen molar-refractivity contribution in [2.24, 2.45) is 0 Å². The molecule has 1 aromatic heterocycles. The number of piperazine rings is 1. The van der Waals surface area contributed by atoms with E-state index < -0.39 is 35.9 Å².